The Bertz CT molecular complexity index is 937. The molecule has 0 amide bonds. The third-order valence-corrected chi connectivity index (χ3v) is 4.07. The van der Waals surface area contributed by atoms with Gasteiger partial charge < -0.3 is 5.32 Å². The first-order chi connectivity index (χ1) is 11.4. The molecule has 0 bridgehead atoms. The first-order valence-electron chi connectivity index (χ1n) is 7.81. The molecule has 4 aromatic rings. The molecule has 23 heavy (non-hydrogen) atoms. The molecule has 110 valence electrons. The molecule has 0 heterocycles. The molecule has 0 unspecified atom stereocenters. The van der Waals surface area contributed by atoms with Crippen LogP contribution >= 0.6 is 0 Å². The van der Waals surface area contributed by atoms with E-state index in [1.165, 1.54) is 21.9 Å². The van der Waals surface area contributed by atoms with Crippen LogP contribution in [0.15, 0.2) is 97.1 Å². The number of fused-ring (bicyclic) bond motifs is 1. The summed E-state index contributed by atoms with van der Waals surface area (Å²) in [6.07, 6.45) is 0. The lowest BCUT2D eigenvalue weighted by molar-refractivity contribution is 1.55. The third kappa shape index (κ3) is 2.69. The fourth-order valence-corrected chi connectivity index (χ4v) is 2.94. The van der Waals surface area contributed by atoms with Gasteiger partial charge in [-0.2, -0.15) is 0 Å². The Morgan fingerprint density at radius 3 is 2.04 bits per heavy atom. The van der Waals surface area contributed by atoms with E-state index >= 15 is 0 Å². The van der Waals surface area contributed by atoms with Gasteiger partial charge in [0.15, 0.2) is 0 Å². The number of anilines is 2. The molecule has 1 nitrogen and oxygen atoms in total. The van der Waals surface area contributed by atoms with Gasteiger partial charge in [0.1, 0.15) is 0 Å². The van der Waals surface area contributed by atoms with E-state index < -0.39 is 0 Å². The second-order valence-corrected chi connectivity index (χ2v) is 5.56. The molecule has 0 aliphatic rings. The second-order valence-electron chi connectivity index (χ2n) is 5.56. The highest BCUT2D eigenvalue weighted by atomic mass is 14.9. The Hall–Kier alpha value is -3.06. The Morgan fingerprint density at radius 1 is 0.478 bits per heavy atom. The van der Waals surface area contributed by atoms with Crippen molar-refractivity contribution in [3.63, 3.8) is 0 Å². The highest BCUT2D eigenvalue weighted by Crippen LogP contribution is 2.32. The van der Waals surface area contributed by atoms with Gasteiger partial charge in [-0.15, -0.1) is 0 Å². The number of nitrogens with one attached hydrogen (secondary N) is 1. The van der Waals surface area contributed by atoms with E-state index in [0.717, 1.165) is 11.4 Å². The monoisotopic (exact) mass is 295 g/mol. The van der Waals surface area contributed by atoms with Gasteiger partial charge in [0.2, 0.25) is 0 Å². The molecule has 0 fully saturated rings. The van der Waals surface area contributed by atoms with Crippen molar-refractivity contribution in [1.82, 2.24) is 0 Å². The number of para-hydroxylation sites is 1. The quantitative estimate of drug-likeness (QED) is 0.471. The molecule has 1 heteroatoms. The lowest BCUT2D eigenvalue weighted by Crippen LogP contribution is -1.94. The van der Waals surface area contributed by atoms with Gasteiger partial charge in [0.25, 0.3) is 0 Å². The molecule has 4 aromatic carbocycles. The summed E-state index contributed by atoms with van der Waals surface area (Å²) in [5, 5.41) is 6.09. The Labute approximate surface area is 136 Å². The summed E-state index contributed by atoms with van der Waals surface area (Å²) in [5.74, 6) is 0. The molecule has 0 aliphatic carbocycles. The van der Waals surface area contributed by atoms with Crippen molar-refractivity contribution in [2.24, 2.45) is 0 Å². The third-order valence-electron chi connectivity index (χ3n) is 4.07. The standard InChI is InChI=1S/C22H17N/c1-2-9-17(10-3-1)19-14-6-7-15-21(19)23-22-16-8-12-18-11-4-5-13-20(18)22/h1-16,23H. The normalized spacial score (nSPS) is 10.6. The highest BCUT2D eigenvalue weighted by molar-refractivity contribution is 5.96. The molecule has 0 saturated carbocycles. The summed E-state index contributed by atoms with van der Waals surface area (Å²) in [6.45, 7) is 0. The molecule has 1 N–H and O–H groups in total. The summed E-state index contributed by atoms with van der Waals surface area (Å²) in [6, 6.07) is 33.7. The van der Waals surface area contributed by atoms with E-state index in [9.17, 15) is 0 Å². The lowest BCUT2D eigenvalue weighted by Gasteiger charge is -2.14. The topological polar surface area (TPSA) is 12.0 Å². The first kappa shape index (κ1) is 13.6. The summed E-state index contributed by atoms with van der Waals surface area (Å²) in [7, 11) is 0. The minimum Gasteiger partial charge on any atom is -0.355 e. The largest absolute Gasteiger partial charge is 0.355 e. The van der Waals surface area contributed by atoms with E-state index in [4.69, 9.17) is 0 Å². The smallest absolute Gasteiger partial charge is 0.0464 e. The first-order valence-corrected chi connectivity index (χ1v) is 7.81. The minimum atomic E-state index is 1.12. The van der Waals surface area contributed by atoms with Gasteiger partial charge in [0.05, 0.1) is 0 Å². The fourth-order valence-electron chi connectivity index (χ4n) is 2.94. The van der Waals surface area contributed by atoms with Gasteiger partial charge in [-0.3, -0.25) is 0 Å². The van der Waals surface area contributed by atoms with E-state index in [1.54, 1.807) is 0 Å². The molecule has 0 atom stereocenters. The average Bonchev–Trinajstić information content (AvgIpc) is 2.63. The molecule has 0 spiro atoms. The average molecular weight is 295 g/mol. The SMILES string of the molecule is c1ccc(-c2ccccc2Nc2cccc3ccccc23)cc1. The molecule has 0 saturated heterocycles. The summed E-state index contributed by atoms with van der Waals surface area (Å²) in [4.78, 5) is 0. The number of hydrogen-bond acceptors (Lipinski definition) is 1. The van der Waals surface area contributed by atoms with Crippen molar-refractivity contribution in [1.29, 1.82) is 0 Å². The van der Waals surface area contributed by atoms with Crippen LogP contribution in [-0.2, 0) is 0 Å². The van der Waals surface area contributed by atoms with Crippen LogP contribution in [-0.4, -0.2) is 0 Å². The van der Waals surface area contributed by atoms with E-state index in [2.05, 4.69) is 96.3 Å². The van der Waals surface area contributed by atoms with Gasteiger partial charge in [-0.1, -0.05) is 84.9 Å². The predicted octanol–water partition coefficient (Wildman–Crippen LogP) is 6.25. The van der Waals surface area contributed by atoms with Crippen molar-refractivity contribution in [2.75, 3.05) is 5.32 Å². The Kier molecular flexibility index (Phi) is 3.53. The lowest BCUT2D eigenvalue weighted by atomic mass is 10.0. The van der Waals surface area contributed by atoms with Crippen molar-refractivity contribution < 1.29 is 0 Å². The van der Waals surface area contributed by atoms with Gasteiger partial charge in [-0.25, -0.2) is 0 Å². The Morgan fingerprint density at radius 2 is 1.13 bits per heavy atom. The maximum atomic E-state index is 3.61. The fraction of sp³-hybridized carbons (Fsp3) is 0. The number of rotatable bonds is 3. The molecular formula is C22H17N. The Balaban J connectivity index is 1.80. The van der Waals surface area contributed by atoms with Crippen LogP contribution in [0.5, 0.6) is 0 Å². The molecule has 4 rings (SSSR count). The van der Waals surface area contributed by atoms with Crippen LogP contribution in [0, 0.1) is 0 Å². The van der Waals surface area contributed by atoms with E-state index in [-0.39, 0.29) is 0 Å². The van der Waals surface area contributed by atoms with Gasteiger partial charge in [0, 0.05) is 22.3 Å². The zero-order valence-electron chi connectivity index (χ0n) is 12.7. The molecule has 0 aromatic heterocycles. The molecular weight excluding hydrogens is 278 g/mol. The maximum Gasteiger partial charge on any atom is 0.0464 e. The zero-order valence-corrected chi connectivity index (χ0v) is 12.7. The van der Waals surface area contributed by atoms with Crippen LogP contribution in [0.4, 0.5) is 11.4 Å². The predicted molar refractivity (Wildman–Crippen MR) is 99.1 cm³/mol. The van der Waals surface area contributed by atoms with Crippen LogP contribution < -0.4 is 5.32 Å². The van der Waals surface area contributed by atoms with Crippen LogP contribution in [0.2, 0.25) is 0 Å². The summed E-state index contributed by atoms with van der Waals surface area (Å²) in [5.41, 5.74) is 4.68. The van der Waals surface area contributed by atoms with Crippen molar-refractivity contribution in [2.45, 2.75) is 0 Å². The van der Waals surface area contributed by atoms with Crippen LogP contribution in [0.3, 0.4) is 0 Å². The minimum absolute atomic E-state index is 1.12. The van der Waals surface area contributed by atoms with Crippen LogP contribution in [0.1, 0.15) is 0 Å². The van der Waals surface area contributed by atoms with Crippen molar-refractivity contribution in [3.05, 3.63) is 97.1 Å². The zero-order chi connectivity index (χ0) is 15.5. The number of hydrogen-bond donors (Lipinski definition) is 1. The maximum absolute atomic E-state index is 3.61. The second kappa shape index (κ2) is 5.98. The molecule has 0 radical (unpaired) electrons. The van der Waals surface area contributed by atoms with Crippen molar-refractivity contribution >= 4 is 22.1 Å². The van der Waals surface area contributed by atoms with Gasteiger partial charge >= 0.3 is 0 Å². The van der Waals surface area contributed by atoms with E-state index in [1.807, 2.05) is 6.07 Å². The summed E-state index contributed by atoms with van der Waals surface area (Å²) >= 11 is 0. The summed E-state index contributed by atoms with van der Waals surface area (Å²) < 4.78 is 0. The number of benzene rings is 4. The highest BCUT2D eigenvalue weighted by Gasteiger charge is 2.06. The van der Waals surface area contributed by atoms with E-state index in [0.29, 0.717) is 0 Å². The molecule has 0 aliphatic heterocycles. The van der Waals surface area contributed by atoms with Crippen LogP contribution in [0.25, 0.3) is 21.9 Å². The van der Waals surface area contributed by atoms with Gasteiger partial charge in [-0.05, 0) is 23.1 Å². The van der Waals surface area contributed by atoms with Crippen molar-refractivity contribution in [3.8, 4) is 11.1 Å².